The van der Waals surface area contributed by atoms with Crippen molar-refractivity contribution in [2.75, 3.05) is 50.9 Å². The monoisotopic (exact) mass is 1410 g/mol. The molecule has 19 N–H and O–H groups in total. The zero-order valence-electron chi connectivity index (χ0n) is 55.1. The van der Waals surface area contributed by atoms with Crippen molar-refractivity contribution in [1.82, 2.24) is 57.7 Å². The SMILES string of the molecule is NCCCC[C@@H]1NC(=O)[C@H](Cc2ccc(O)cc2)NC(=O)[C@H](C2CCOCC2)NC(=O)[C@@H](NC(=O)[C@H](Cc2ccc(O)cc2)NC(=O)[C@@H]2CCCN2C(=O)CCN)CSSC[C@@H](C(N)=O)NC(=O)[C@H](CCC(=O)O)NC(=O)[C@H](Cc2c[nH]c3ccccc23)NC(=O)CCCCCNC1=O. The molecule has 9 atom stereocenters. The molecular weight excluding hydrogens is 1320 g/mol. The standard InChI is InChI=1S/C67H92N14O16S2/c68-27-6-5-11-47-60(89)71-29-7-1-2-13-55(84)73-51(35-42-36-72-46-10-4-3-9-45(42)46)64(93)75-48(22-23-57(86)87)61(90)78-52(59(70)88)37-98-99-38-53(79-63(92)49(33-39-14-18-43(82)19-15-39)76-66(95)54-12-8-30-81(54)56(85)24-28-69)65(94)80-58(41-25-31-97-32-26-41)67(96)77-50(62(91)74-47)34-40-16-20-44(83)21-17-40/h3-4,9-10,14-21,36,41,47-54,58,72,82-83H,1-2,5-8,11-13,22-35,37-38,68-69H2,(H2,70,88)(H,71,89)(H,73,84)(H,74,91)(H,75,93)(H,76,95)(H,77,96)(H,78,90)(H,79,92)(H,80,94)(H,86,87)/t47-,48-,49-,50-,51-,52-,53-,54-,58-/m0/s1. The van der Waals surface area contributed by atoms with Crippen LogP contribution in [0.1, 0.15) is 107 Å². The van der Waals surface area contributed by atoms with Crippen molar-refractivity contribution in [3.63, 3.8) is 0 Å². The summed E-state index contributed by atoms with van der Waals surface area (Å²) in [4.78, 5) is 174. The van der Waals surface area contributed by atoms with E-state index in [2.05, 4.69) is 52.8 Å². The number of primary amides is 1. The predicted molar refractivity (Wildman–Crippen MR) is 368 cm³/mol. The van der Waals surface area contributed by atoms with Crippen molar-refractivity contribution >= 4 is 103 Å². The first kappa shape index (κ1) is 77.4. The van der Waals surface area contributed by atoms with Crippen LogP contribution in [0.15, 0.2) is 79.0 Å². The number of unbranched alkanes of at least 4 members (excludes halogenated alkanes) is 1. The summed E-state index contributed by atoms with van der Waals surface area (Å²) >= 11 is 0. The topological polar surface area (TPSA) is 480 Å². The van der Waals surface area contributed by atoms with Crippen LogP contribution in [0.3, 0.4) is 0 Å². The number of aliphatic carboxylic acids is 1. The van der Waals surface area contributed by atoms with Crippen molar-refractivity contribution in [1.29, 1.82) is 0 Å². The second-order valence-electron chi connectivity index (χ2n) is 24.8. The molecule has 0 saturated carbocycles. The summed E-state index contributed by atoms with van der Waals surface area (Å²) in [6.07, 6.45) is 3.46. The number of likely N-dealkylation sites (tertiary alicyclic amines) is 1. The van der Waals surface area contributed by atoms with Crippen LogP contribution in [0.2, 0.25) is 0 Å². The van der Waals surface area contributed by atoms with E-state index in [9.17, 15) is 63.3 Å². The molecule has 3 saturated heterocycles. The Hall–Kier alpha value is -8.98. The Morgan fingerprint density at radius 3 is 1.97 bits per heavy atom. The molecule has 0 unspecified atom stereocenters. The molecule has 11 amide bonds. The third-order valence-corrected chi connectivity index (χ3v) is 19.8. The lowest BCUT2D eigenvalue weighted by Gasteiger charge is -2.33. The second kappa shape index (κ2) is 39.6. The van der Waals surface area contributed by atoms with E-state index in [1.54, 1.807) is 24.4 Å². The molecule has 0 aliphatic carbocycles. The van der Waals surface area contributed by atoms with Gasteiger partial charge in [-0.1, -0.05) is 70.5 Å². The van der Waals surface area contributed by atoms with E-state index in [0.29, 0.717) is 61.8 Å². The fraction of sp³-hybridized carbons (Fsp3) is 0.522. The molecule has 538 valence electrons. The lowest BCUT2D eigenvalue weighted by atomic mass is 9.90. The summed E-state index contributed by atoms with van der Waals surface area (Å²) in [7, 11) is 1.82. The number of nitrogens with one attached hydrogen (secondary N) is 10. The summed E-state index contributed by atoms with van der Waals surface area (Å²) in [5.74, 6) is -11.2. The van der Waals surface area contributed by atoms with Gasteiger partial charge in [0.2, 0.25) is 65.0 Å². The number of hydrogen-bond donors (Lipinski definition) is 16. The summed E-state index contributed by atoms with van der Waals surface area (Å²) < 4.78 is 5.67. The minimum Gasteiger partial charge on any atom is -0.508 e. The molecule has 3 fully saturated rings. The van der Waals surface area contributed by atoms with Gasteiger partial charge in [-0.25, -0.2) is 0 Å². The number of phenols is 2. The molecule has 0 bridgehead atoms. The van der Waals surface area contributed by atoms with Crippen LogP contribution in [0.25, 0.3) is 10.9 Å². The number of carbonyl (C=O) groups is 12. The predicted octanol–water partition coefficient (Wildman–Crippen LogP) is -0.198. The Bertz CT molecular complexity index is 3430. The van der Waals surface area contributed by atoms with Crippen molar-refractivity contribution in [3.05, 3.63) is 95.7 Å². The van der Waals surface area contributed by atoms with Gasteiger partial charge < -0.3 is 95.0 Å². The maximum Gasteiger partial charge on any atom is 0.303 e. The maximum absolute atomic E-state index is 15.3. The first-order chi connectivity index (χ1) is 47.6. The van der Waals surface area contributed by atoms with Gasteiger partial charge in [-0.2, -0.15) is 0 Å². The highest BCUT2D eigenvalue weighted by molar-refractivity contribution is 8.76. The molecule has 3 aromatic carbocycles. The molecule has 7 rings (SSSR count). The summed E-state index contributed by atoms with van der Waals surface area (Å²) in [5, 5.41) is 55.7. The summed E-state index contributed by atoms with van der Waals surface area (Å²) in [6.45, 7) is 1.05. The highest BCUT2D eigenvalue weighted by Crippen LogP contribution is 2.27. The van der Waals surface area contributed by atoms with E-state index in [0.717, 1.165) is 32.5 Å². The molecule has 30 nitrogen and oxygen atoms in total. The highest BCUT2D eigenvalue weighted by Gasteiger charge is 2.40. The average Bonchev–Trinajstić information content (AvgIpc) is 1.75. The lowest BCUT2D eigenvalue weighted by molar-refractivity contribution is -0.139. The van der Waals surface area contributed by atoms with E-state index >= 15 is 9.59 Å². The number of carboxylic acid groups (broad SMARTS) is 1. The minimum absolute atomic E-state index is 0.0302. The van der Waals surface area contributed by atoms with Gasteiger partial charge >= 0.3 is 5.97 Å². The molecular formula is C67H92N14O16S2. The van der Waals surface area contributed by atoms with Gasteiger partial charge in [0.1, 0.15) is 65.9 Å². The van der Waals surface area contributed by atoms with Crippen LogP contribution in [-0.4, -0.2) is 201 Å². The smallest absolute Gasteiger partial charge is 0.303 e. The Morgan fingerprint density at radius 1 is 0.646 bits per heavy atom. The molecule has 0 spiro atoms. The van der Waals surface area contributed by atoms with Gasteiger partial charge in [-0.15, -0.1) is 0 Å². The number of phenolic OH excluding ortho intramolecular Hbond substituents is 2. The van der Waals surface area contributed by atoms with Gasteiger partial charge in [-0.3, -0.25) is 57.5 Å². The Kier molecular flexibility index (Phi) is 30.9. The third-order valence-electron chi connectivity index (χ3n) is 17.4. The molecule has 99 heavy (non-hydrogen) atoms. The van der Waals surface area contributed by atoms with Crippen molar-refractivity contribution in [2.24, 2.45) is 23.1 Å². The molecule has 3 aliphatic heterocycles. The summed E-state index contributed by atoms with van der Waals surface area (Å²) in [6, 6.07) is 6.52. The molecule has 32 heteroatoms. The Morgan fingerprint density at radius 2 is 1.29 bits per heavy atom. The molecule has 3 aliphatic rings. The van der Waals surface area contributed by atoms with E-state index in [-0.39, 0.29) is 120 Å². The Balaban J connectivity index is 1.24. The number of aromatic nitrogens is 1. The quantitative estimate of drug-likeness (QED) is 0.0379. The zero-order chi connectivity index (χ0) is 71.4. The van der Waals surface area contributed by atoms with Gasteiger partial charge in [0.25, 0.3) is 0 Å². The molecule has 4 aromatic rings. The molecule has 1 aromatic heterocycles. The van der Waals surface area contributed by atoms with Gasteiger partial charge in [0.05, 0.1) is 0 Å². The van der Waals surface area contributed by atoms with Crippen LogP contribution in [0.5, 0.6) is 11.5 Å². The van der Waals surface area contributed by atoms with Gasteiger partial charge in [-0.05, 0) is 124 Å². The highest BCUT2D eigenvalue weighted by atomic mass is 33.1. The van der Waals surface area contributed by atoms with Crippen molar-refractivity contribution < 1.29 is 77.6 Å². The number of carbonyl (C=O) groups excluding carboxylic acids is 11. The first-order valence-electron chi connectivity index (χ1n) is 33.4. The lowest BCUT2D eigenvalue weighted by Crippen LogP contribution is -2.62. The van der Waals surface area contributed by atoms with E-state index in [1.807, 2.05) is 18.2 Å². The number of fused-ring (bicyclic) bond motifs is 1. The first-order valence-corrected chi connectivity index (χ1v) is 35.9. The largest absolute Gasteiger partial charge is 0.508 e. The van der Waals surface area contributed by atoms with Crippen LogP contribution < -0.4 is 65.1 Å². The van der Waals surface area contributed by atoms with Crippen LogP contribution >= 0.6 is 21.6 Å². The number of benzene rings is 3. The minimum atomic E-state index is -1.60. The number of para-hydroxylation sites is 1. The number of ether oxygens (including phenoxy) is 1. The fourth-order valence-electron chi connectivity index (χ4n) is 11.9. The number of hydrogen-bond acceptors (Lipinski definition) is 19. The van der Waals surface area contributed by atoms with Crippen molar-refractivity contribution in [3.8, 4) is 11.5 Å². The van der Waals surface area contributed by atoms with Crippen LogP contribution in [0, 0.1) is 5.92 Å². The number of aromatic amines is 1. The number of nitrogens with zero attached hydrogens (tertiary/aromatic N) is 1. The van der Waals surface area contributed by atoms with Crippen LogP contribution in [0.4, 0.5) is 0 Å². The number of nitrogens with two attached hydrogens (primary N) is 3. The Labute approximate surface area is 580 Å². The zero-order valence-corrected chi connectivity index (χ0v) is 56.7. The van der Waals surface area contributed by atoms with Crippen LogP contribution in [-0.2, 0) is 81.5 Å². The average molecular weight is 1410 g/mol. The van der Waals surface area contributed by atoms with Gasteiger partial charge in [0, 0.05) is 100.0 Å². The normalized spacial score (nSPS) is 23.2. The van der Waals surface area contributed by atoms with Crippen molar-refractivity contribution in [2.45, 2.75) is 164 Å². The molecule has 4 heterocycles. The third kappa shape index (κ3) is 24.5. The number of H-pyrrole nitrogens is 1. The van der Waals surface area contributed by atoms with Gasteiger partial charge in [0.15, 0.2) is 0 Å². The number of rotatable bonds is 21. The van der Waals surface area contributed by atoms with E-state index in [1.165, 1.54) is 41.3 Å². The summed E-state index contributed by atoms with van der Waals surface area (Å²) in [5.41, 5.74) is 19.8. The number of aromatic hydroxyl groups is 2. The fourth-order valence-corrected chi connectivity index (χ4v) is 14.2. The molecule has 0 radical (unpaired) electrons. The van der Waals surface area contributed by atoms with E-state index in [4.69, 9.17) is 21.9 Å². The maximum atomic E-state index is 15.3. The number of carboxylic acids is 1. The second-order valence-corrected chi connectivity index (χ2v) is 27.4. The number of amides is 11. The van der Waals surface area contributed by atoms with E-state index < -0.39 is 138 Å².